The minimum Gasteiger partial charge on any atom is -0.495 e. The van der Waals surface area contributed by atoms with Crippen molar-refractivity contribution in [2.45, 2.75) is 4.90 Å². The van der Waals surface area contributed by atoms with Crippen molar-refractivity contribution in [3.63, 3.8) is 0 Å². The fraction of sp³-hybridized carbons (Fsp3) is 0.278. The van der Waals surface area contributed by atoms with Crippen molar-refractivity contribution < 1.29 is 27.6 Å². The number of nitrogen functional groups attached to an aromatic ring is 1. The van der Waals surface area contributed by atoms with Crippen LogP contribution in [-0.4, -0.2) is 57.0 Å². The van der Waals surface area contributed by atoms with E-state index in [0.717, 1.165) is 6.07 Å². The van der Waals surface area contributed by atoms with Crippen LogP contribution in [0.1, 0.15) is 10.4 Å². The van der Waals surface area contributed by atoms with E-state index in [1.165, 1.54) is 41.7 Å². The van der Waals surface area contributed by atoms with Crippen molar-refractivity contribution in [3.05, 3.63) is 52.1 Å². The highest BCUT2D eigenvalue weighted by Gasteiger charge is 2.29. The normalized spacial score (nSPS) is 14.8. The molecule has 30 heavy (non-hydrogen) atoms. The molecule has 1 aliphatic rings. The number of nitro benzene ring substituents is 1. The number of carbonyl (C=O) groups excluding carboxylic acids is 1. The van der Waals surface area contributed by atoms with Crippen molar-refractivity contribution in [1.82, 2.24) is 4.31 Å². The third-order valence-corrected chi connectivity index (χ3v) is 6.42. The number of ether oxygens (including phenoxy) is 2. The lowest BCUT2D eigenvalue weighted by molar-refractivity contribution is -0.383. The van der Waals surface area contributed by atoms with Crippen molar-refractivity contribution in [2.75, 3.05) is 44.5 Å². The summed E-state index contributed by atoms with van der Waals surface area (Å²) in [7, 11) is -2.53. The van der Waals surface area contributed by atoms with Gasteiger partial charge in [0, 0.05) is 30.4 Å². The van der Waals surface area contributed by atoms with Gasteiger partial charge in [-0.05, 0) is 30.3 Å². The van der Waals surface area contributed by atoms with Crippen LogP contribution in [0.3, 0.4) is 0 Å². The van der Waals surface area contributed by atoms with Crippen molar-refractivity contribution in [2.24, 2.45) is 0 Å². The van der Waals surface area contributed by atoms with Crippen LogP contribution >= 0.6 is 0 Å². The lowest BCUT2D eigenvalue weighted by atomic mass is 10.1. The number of amides is 1. The topological polar surface area (TPSA) is 154 Å². The quantitative estimate of drug-likeness (QED) is 0.392. The van der Waals surface area contributed by atoms with Gasteiger partial charge >= 0.3 is 0 Å². The largest absolute Gasteiger partial charge is 0.495 e. The van der Waals surface area contributed by atoms with Crippen LogP contribution in [0.25, 0.3) is 0 Å². The fourth-order valence-corrected chi connectivity index (χ4v) is 4.52. The molecule has 0 atom stereocenters. The van der Waals surface area contributed by atoms with Gasteiger partial charge in [-0.3, -0.25) is 14.9 Å². The number of nitrogens with zero attached hydrogens (tertiary/aromatic N) is 2. The van der Waals surface area contributed by atoms with Crippen LogP contribution in [0.4, 0.5) is 17.1 Å². The zero-order valence-electron chi connectivity index (χ0n) is 16.0. The molecule has 0 aromatic heterocycles. The SMILES string of the molecule is COc1ccc(NC(=O)c2ccc(N)c([N+](=O)[O-])c2)cc1S(=O)(=O)N1CCOCC1. The minimum absolute atomic E-state index is 0.00399. The maximum absolute atomic E-state index is 13.0. The Morgan fingerprint density at radius 1 is 1.23 bits per heavy atom. The summed E-state index contributed by atoms with van der Waals surface area (Å²) in [5.41, 5.74) is 5.27. The van der Waals surface area contributed by atoms with E-state index in [4.69, 9.17) is 15.2 Å². The van der Waals surface area contributed by atoms with Crippen molar-refractivity contribution in [3.8, 4) is 5.75 Å². The van der Waals surface area contributed by atoms with Crippen molar-refractivity contribution in [1.29, 1.82) is 0 Å². The molecular formula is C18H20N4O7S. The average molecular weight is 436 g/mol. The van der Waals surface area contributed by atoms with E-state index in [2.05, 4.69) is 5.32 Å². The summed E-state index contributed by atoms with van der Waals surface area (Å²) in [6, 6.07) is 7.84. The van der Waals surface area contributed by atoms with Gasteiger partial charge in [0.2, 0.25) is 10.0 Å². The number of anilines is 2. The molecule has 0 aliphatic carbocycles. The lowest BCUT2D eigenvalue weighted by Crippen LogP contribution is -2.40. The highest BCUT2D eigenvalue weighted by molar-refractivity contribution is 7.89. The molecule has 1 heterocycles. The van der Waals surface area contributed by atoms with Gasteiger partial charge in [-0.25, -0.2) is 8.42 Å². The van der Waals surface area contributed by atoms with Crippen LogP contribution in [0.2, 0.25) is 0 Å². The van der Waals surface area contributed by atoms with Crippen LogP contribution < -0.4 is 15.8 Å². The van der Waals surface area contributed by atoms with Crippen LogP contribution in [0, 0.1) is 10.1 Å². The molecule has 3 rings (SSSR count). The number of nitro groups is 1. The molecule has 12 heteroatoms. The molecule has 11 nitrogen and oxygen atoms in total. The van der Waals surface area contributed by atoms with E-state index in [1.807, 2.05) is 0 Å². The second kappa shape index (κ2) is 8.65. The average Bonchev–Trinajstić information content (AvgIpc) is 2.74. The number of hydrogen-bond acceptors (Lipinski definition) is 8. The second-order valence-electron chi connectivity index (χ2n) is 6.37. The third-order valence-electron chi connectivity index (χ3n) is 4.50. The van der Waals surface area contributed by atoms with Gasteiger partial charge < -0.3 is 20.5 Å². The highest BCUT2D eigenvalue weighted by atomic mass is 32.2. The number of morpholine rings is 1. The van der Waals surface area contributed by atoms with Crippen LogP contribution in [0.15, 0.2) is 41.3 Å². The highest BCUT2D eigenvalue weighted by Crippen LogP contribution is 2.30. The van der Waals surface area contributed by atoms with E-state index in [1.54, 1.807) is 0 Å². The number of nitrogens with one attached hydrogen (secondary N) is 1. The molecule has 1 aliphatic heterocycles. The van der Waals surface area contributed by atoms with E-state index < -0.39 is 26.5 Å². The number of nitrogens with two attached hydrogens (primary N) is 1. The molecule has 2 aromatic carbocycles. The van der Waals surface area contributed by atoms with E-state index >= 15 is 0 Å². The van der Waals surface area contributed by atoms with Crippen molar-refractivity contribution >= 4 is 33.0 Å². The summed E-state index contributed by atoms with van der Waals surface area (Å²) in [5, 5.41) is 13.6. The predicted molar refractivity (Wildman–Crippen MR) is 108 cm³/mol. The molecule has 0 bridgehead atoms. The molecule has 1 saturated heterocycles. The molecule has 3 N–H and O–H groups in total. The number of hydrogen-bond donors (Lipinski definition) is 2. The molecule has 160 valence electrons. The Hall–Kier alpha value is -3.22. The van der Waals surface area contributed by atoms with Gasteiger partial charge in [-0.15, -0.1) is 0 Å². The summed E-state index contributed by atoms with van der Waals surface area (Å²) in [4.78, 5) is 22.8. The lowest BCUT2D eigenvalue weighted by Gasteiger charge is -2.26. The molecule has 0 spiro atoms. The Morgan fingerprint density at radius 2 is 1.93 bits per heavy atom. The molecule has 1 fully saturated rings. The number of benzene rings is 2. The van der Waals surface area contributed by atoms with Gasteiger partial charge in [-0.2, -0.15) is 4.31 Å². The first-order valence-electron chi connectivity index (χ1n) is 8.85. The summed E-state index contributed by atoms with van der Waals surface area (Å²) in [6.07, 6.45) is 0. The molecule has 2 aromatic rings. The summed E-state index contributed by atoms with van der Waals surface area (Å²) < 4.78 is 37.7. The molecule has 0 saturated carbocycles. The number of sulfonamides is 1. The Bertz CT molecular complexity index is 1080. The van der Waals surface area contributed by atoms with Gasteiger partial charge in [0.05, 0.1) is 25.2 Å². The van der Waals surface area contributed by atoms with Gasteiger partial charge in [0.25, 0.3) is 11.6 Å². The standard InChI is InChI=1S/C18H20N4O7S/c1-28-16-5-3-13(11-17(16)30(26,27)21-6-8-29-9-7-21)20-18(23)12-2-4-14(19)15(10-12)22(24)25/h2-5,10-11H,6-9,19H2,1H3,(H,20,23). The zero-order valence-corrected chi connectivity index (χ0v) is 16.8. The van der Waals surface area contributed by atoms with E-state index in [9.17, 15) is 23.3 Å². The first kappa shape index (κ1) is 21.5. The summed E-state index contributed by atoms with van der Waals surface area (Å²) >= 11 is 0. The minimum atomic E-state index is -3.88. The Kier molecular flexibility index (Phi) is 6.20. The molecule has 0 radical (unpaired) electrons. The van der Waals surface area contributed by atoms with E-state index in [0.29, 0.717) is 0 Å². The first-order chi connectivity index (χ1) is 14.2. The van der Waals surface area contributed by atoms with E-state index in [-0.39, 0.29) is 53.9 Å². The number of rotatable bonds is 6. The second-order valence-corrected chi connectivity index (χ2v) is 8.27. The van der Waals surface area contributed by atoms with Gasteiger partial charge in [-0.1, -0.05) is 0 Å². The third kappa shape index (κ3) is 4.35. The van der Waals surface area contributed by atoms with Gasteiger partial charge in [0.15, 0.2) is 0 Å². The van der Waals surface area contributed by atoms with Crippen LogP contribution in [-0.2, 0) is 14.8 Å². The molecule has 1 amide bonds. The maximum atomic E-state index is 13.0. The Labute approximate surface area is 172 Å². The molecule has 0 unspecified atom stereocenters. The summed E-state index contributed by atoms with van der Waals surface area (Å²) in [5.74, 6) is -0.527. The maximum Gasteiger partial charge on any atom is 0.292 e. The first-order valence-corrected chi connectivity index (χ1v) is 10.3. The Morgan fingerprint density at radius 3 is 2.57 bits per heavy atom. The van der Waals surface area contributed by atoms with Gasteiger partial charge in [0.1, 0.15) is 16.3 Å². The zero-order chi connectivity index (χ0) is 21.9. The smallest absolute Gasteiger partial charge is 0.292 e. The molecular weight excluding hydrogens is 416 g/mol. The van der Waals surface area contributed by atoms with Crippen LogP contribution in [0.5, 0.6) is 5.75 Å². The predicted octanol–water partition coefficient (Wildman–Crippen LogP) is 1.46. The monoisotopic (exact) mass is 436 g/mol. The Balaban J connectivity index is 1.91. The number of carbonyl (C=O) groups is 1. The fourth-order valence-electron chi connectivity index (χ4n) is 2.93. The summed E-state index contributed by atoms with van der Waals surface area (Å²) in [6.45, 7) is 0.982. The number of methoxy groups -OCH3 is 1.